The highest BCUT2D eigenvalue weighted by Crippen LogP contribution is 2.47. The van der Waals surface area contributed by atoms with Crippen molar-refractivity contribution in [2.75, 3.05) is 19.8 Å². The standard InChI is InChI=1S/C12H15NO4S/c13-8-12(3-4-12)18(14,15)9-1-2-10-11(7-9)17-6-5-16-10/h1-2,7H,3-6,8,13H2. The van der Waals surface area contributed by atoms with Crippen LogP contribution in [0, 0.1) is 0 Å². The number of hydrogen-bond donors (Lipinski definition) is 1. The largest absolute Gasteiger partial charge is 0.486 e. The third kappa shape index (κ3) is 1.59. The lowest BCUT2D eigenvalue weighted by Crippen LogP contribution is -2.32. The molecule has 0 spiro atoms. The van der Waals surface area contributed by atoms with Gasteiger partial charge in [-0.2, -0.15) is 0 Å². The first-order valence-electron chi connectivity index (χ1n) is 5.93. The van der Waals surface area contributed by atoms with E-state index in [0.717, 1.165) is 0 Å². The van der Waals surface area contributed by atoms with Gasteiger partial charge in [-0.15, -0.1) is 0 Å². The fraction of sp³-hybridized carbons (Fsp3) is 0.500. The second kappa shape index (κ2) is 3.86. The van der Waals surface area contributed by atoms with Crippen molar-refractivity contribution in [3.8, 4) is 11.5 Å². The van der Waals surface area contributed by atoms with E-state index in [0.29, 0.717) is 37.6 Å². The Morgan fingerprint density at radius 3 is 2.44 bits per heavy atom. The lowest BCUT2D eigenvalue weighted by molar-refractivity contribution is 0.171. The van der Waals surface area contributed by atoms with Crippen LogP contribution in [0.3, 0.4) is 0 Å². The number of nitrogens with two attached hydrogens (primary N) is 1. The Bertz CT molecular complexity index is 578. The third-order valence-corrected chi connectivity index (χ3v) is 6.16. The minimum atomic E-state index is -3.37. The first kappa shape index (κ1) is 11.8. The molecule has 0 saturated heterocycles. The summed E-state index contributed by atoms with van der Waals surface area (Å²) in [7, 11) is -3.37. The van der Waals surface area contributed by atoms with Crippen LogP contribution in [0.5, 0.6) is 11.5 Å². The molecule has 1 aromatic carbocycles. The van der Waals surface area contributed by atoms with Gasteiger partial charge in [-0.05, 0) is 25.0 Å². The van der Waals surface area contributed by atoms with Crippen LogP contribution in [0.25, 0.3) is 0 Å². The average Bonchev–Trinajstić information content (AvgIpc) is 3.19. The topological polar surface area (TPSA) is 78.6 Å². The lowest BCUT2D eigenvalue weighted by atomic mass is 10.3. The van der Waals surface area contributed by atoms with Crippen LogP contribution in [0.15, 0.2) is 23.1 Å². The number of sulfone groups is 1. The zero-order valence-corrected chi connectivity index (χ0v) is 10.7. The van der Waals surface area contributed by atoms with Crippen LogP contribution < -0.4 is 15.2 Å². The van der Waals surface area contributed by atoms with Gasteiger partial charge in [-0.3, -0.25) is 0 Å². The van der Waals surface area contributed by atoms with Gasteiger partial charge in [0.05, 0.1) is 9.64 Å². The summed E-state index contributed by atoms with van der Waals surface area (Å²) < 4.78 is 34.9. The second-order valence-electron chi connectivity index (χ2n) is 4.70. The molecule has 18 heavy (non-hydrogen) atoms. The smallest absolute Gasteiger partial charge is 0.185 e. The predicted molar refractivity (Wildman–Crippen MR) is 65.6 cm³/mol. The molecule has 6 heteroatoms. The highest BCUT2D eigenvalue weighted by Gasteiger charge is 2.54. The normalized spacial score (nSPS) is 20.5. The molecular weight excluding hydrogens is 254 g/mol. The molecule has 5 nitrogen and oxygen atoms in total. The molecule has 0 radical (unpaired) electrons. The van der Waals surface area contributed by atoms with Crippen LogP contribution in [-0.4, -0.2) is 32.9 Å². The van der Waals surface area contributed by atoms with Crippen molar-refractivity contribution in [2.24, 2.45) is 5.73 Å². The van der Waals surface area contributed by atoms with Gasteiger partial charge in [0.15, 0.2) is 21.3 Å². The van der Waals surface area contributed by atoms with Gasteiger partial charge in [-0.25, -0.2) is 8.42 Å². The van der Waals surface area contributed by atoms with E-state index in [1.807, 2.05) is 0 Å². The molecule has 2 aliphatic rings. The molecule has 1 aromatic rings. The Balaban J connectivity index is 2.03. The summed E-state index contributed by atoms with van der Waals surface area (Å²) in [6, 6.07) is 4.76. The second-order valence-corrected chi connectivity index (χ2v) is 7.04. The van der Waals surface area contributed by atoms with Gasteiger partial charge >= 0.3 is 0 Å². The Morgan fingerprint density at radius 1 is 1.17 bits per heavy atom. The molecule has 98 valence electrons. The van der Waals surface area contributed by atoms with Crippen molar-refractivity contribution in [3.63, 3.8) is 0 Å². The molecule has 1 aliphatic heterocycles. The SMILES string of the molecule is NCC1(S(=O)(=O)c2ccc3c(c2)OCCO3)CC1. The molecule has 2 N–H and O–H groups in total. The van der Waals surface area contributed by atoms with Crippen molar-refractivity contribution in [3.05, 3.63) is 18.2 Å². The number of rotatable bonds is 3. The molecule has 0 atom stereocenters. The van der Waals surface area contributed by atoms with Gasteiger partial charge in [0.2, 0.25) is 0 Å². The van der Waals surface area contributed by atoms with Gasteiger partial charge in [0, 0.05) is 12.6 Å². The monoisotopic (exact) mass is 269 g/mol. The fourth-order valence-electron chi connectivity index (χ4n) is 2.16. The molecule has 1 fully saturated rings. The first-order valence-corrected chi connectivity index (χ1v) is 7.42. The zero-order chi connectivity index (χ0) is 12.8. The molecule has 0 bridgehead atoms. The van der Waals surface area contributed by atoms with E-state index >= 15 is 0 Å². The molecule has 1 aliphatic carbocycles. The predicted octanol–water partition coefficient (Wildman–Crippen LogP) is 0.723. The van der Waals surface area contributed by atoms with Crippen LogP contribution in [0.2, 0.25) is 0 Å². The van der Waals surface area contributed by atoms with E-state index in [-0.39, 0.29) is 11.4 Å². The van der Waals surface area contributed by atoms with E-state index in [1.54, 1.807) is 18.2 Å². The van der Waals surface area contributed by atoms with Crippen molar-refractivity contribution < 1.29 is 17.9 Å². The van der Waals surface area contributed by atoms with Crippen LogP contribution in [0.4, 0.5) is 0 Å². The van der Waals surface area contributed by atoms with E-state index in [2.05, 4.69) is 0 Å². The van der Waals surface area contributed by atoms with Crippen molar-refractivity contribution in [1.29, 1.82) is 0 Å². The Labute approximate surface area is 106 Å². The van der Waals surface area contributed by atoms with E-state index in [9.17, 15) is 8.42 Å². The number of fused-ring (bicyclic) bond motifs is 1. The fourth-order valence-corrected chi connectivity index (χ4v) is 4.03. The zero-order valence-electron chi connectivity index (χ0n) is 9.89. The van der Waals surface area contributed by atoms with E-state index in [4.69, 9.17) is 15.2 Å². The minimum Gasteiger partial charge on any atom is -0.486 e. The maximum atomic E-state index is 12.5. The lowest BCUT2D eigenvalue weighted by Gasteiger charge is -2.20. The quantitative estimate of drug-likeness (QED) is 0.875. The molecule has 0 unspecified atom stereocenters. The van der Waals surface area contributed by atoms with Crippen LogP contribution in [0.1, 0.15) is 12.8 Å². The maximum Gasteiger partial charge on any atom is 0.185 e. The minimum absolute atomic E-state index is 0.170. The third-order valence-electron chi connectivity index (χ3n) is 3.57. The summed E-state index contributed by atoms with van der Waals surface area (Å²) in [6.07, 6.45) is 1.28. The molecule has 1 heterocycles. The average molecular weight is 269 g/mol. The molecule has 0 aromatic heterocycles. The van der Waals surface area contributed by atoms with Gasteiger partial charge in [0.25, 0.3) is 0 Å². The Hall–Kier alpha value is -1.27. The van der Waals surface area contributed by atoms with E-state index < -0.39 is 14.6 Å². The summed E-state index contributed by atoms with van der Waals surface area (Å²) >= 11 is 0. The molecule has 1 saturated carbocycles. The van der Waals surface area contributed by atoms with Gasteiger partial charge < -0.3 is 15.2 Å². The van der Waals surface area contributed by atoms with Crippen LogP contribution in [-0.2, 0) is 9.84 Å². The summed E-state index contributed by atoms with van der Waals surface area (Å²) in [5.74, 6) is 1.09. The number of benzene rings is 1. The number of ether oxygens (including phenoxy) is 2. The maximum absolute atomic E-state index is 12.5. The van der Waals surface area contributed by atoms with E-state index in [1.165, 1.54) is 0 Å². The summed E-state index contributed by atoms with van der Waals surface area (Å²) in [6.45, 7) is 1.11. The van der Waals surface area contributed by atoms with Crippen molar-refractivity contribution in [2.45, 2.75) is 22.5 Å². The molecular formula is C12H15NO4S. The van der Waals surface area contributed by atoms with Crippen molar-refractivity contribution in [1.82, 2.24) is 0 Å². The summed E-state index contributed by atoms with van der Waals surface area (Å²) in [5.41, 5.74) is 5.59. The molecule has 3 rings (SSSR count). The highest BCUT2D eigenvalue weighted by atomic mass is 32.2. The first-order chi connectivity index (χ1) is 8.59. The van der Waals surface area contributed by atoms with Gasteiger partial charge in [-0.1, -0.05) is 0 Å². The summed E-state index contributed by atoms with van der Waals surface area (Å²) in [5, 5.41) is 0. The highest BCUT2D eigenvalue weighted by molar-refractivity contribution is 7.93. The van der Waals surface area contributed by atoms with Gasteiger partial charge in [0.1, 0.15) is 13.2 Å². The molecule has 0 amide bonds. The Kier molecular flexibility index (Phi) is 2.53. The van der Waals surface area contributed by atoms with Crippen molar-refractivity contribution >= 4 is 9.84 Å². The summed E-state index contributed by atoms with van der Waals surface area (Å²) in [4.78, 5) is 0.273. The van der Waals surface area contributed by atoms with Crippen LogP contribution >= 0.6 is 0 Å². The number of hydrogen-bond acceptors (Lipinski definition) is 5. The Morgan fingerprint density at radius 2 is 1.83 bits per heavy atom.